The van der Waals surface area contributed by atoms with E-state index in [4.69, 9.17) is 4.74 Å². The van der Waals surface area contributed by atoms with Crippen molar-refractivity contribution in [3.8, 4) is 0 Å². The summed E-state index contributed by atoms with van der Waals surface area (Å²) in [6, 6.07) is 8.33. The lowest BCUT2D eigenvalue weighted by atomic mass is 9.79. The van der Waals surface area contributed by atoms with E-state index in [2.05, 4.69) is 12.2 Å². The van der Waals surface area contributed by atoms with Crippen molar-refractivity contribution in [1.82, 2.24) is 5.32 Å². The van der Waals surface area contributed by atoms with Gasteiger partial charge in [0.25, 0.3) is 0 Å². The summed E-state index contributed by atoms with van der Waals surface area (Å²) in [5.74, 6) is -0.0976. The molecule has 0 unspecified atom stereocenters. The SMILES string of the molecule is CCCCCC1CCC(C(=O)N[C@@H](C(=O)OCc2ccccc2)[C@@H](C)O)CC1. The van der Waals surface area contributed by atoms with Crippen LogP contribution < -0.4 is 5.32 Å². The monoisotopic (exact) mass is 389 g/mol. The zero-order valence-corrected chi connectivity index (χ0v) is 17.2. The first-order chi connectivity index (χ1) is 13.5. The molecular formula is C23H35NO4. The number of amides is 1. The second-order valence-corrected chi connectivity index (χ2v) is 8.03. The van der Waals surface area contributed by atoms with Crippen LogP contribution in [0.15, 0.2) is 30.3 Å². The smallest absolute Gasteiger partial charge is 0.331 e. The minimum atomic E-state index is -1.03. The highest BCUT2D eigenvalue weighted by molar-refractivity contribution is 5.86. The van der Waals surface area contributed by atoms with E-state index >= 15 is 0 Å². The van der Waals surface area contributed by atoms with Gasteiger partial charge in [-0.2, -0.15) is 0 Å². The van der Waals surface area contributed by atoms with Crippen molar-refractivity contribution < 1.29 is 19.4 Å². The van der Waals surface area contributed by atoms with Crippen LogP contribution in [0.2, 0.25) is 0 Å². The number of ether oxygens (including phenoxy) is 1. The Morgan fingerprint density at radius 3 is 2.43 bits per heavy atom. The van der Waals surface area contributed by atoms with E-state index in [0.717, 1.165) is 37.2 Å². The number of hydrogen-bond donors (Lipinski definition) is 2. The summed E-state index contributed by atoms with van der Waals surface area (Å²) >= 11 is 0. The first kappa shape index (κ1) is 22.4. The van der Waals surface area contributed by atoms with Gasteiger partial charge in [0.2, 0.25) is 5.91 Å². The molecule has 0 spiro atoms. The molecule has 1 saturated carbocycles. The summed E-state index contributed by atoms with van der Waals surface area (Å²) in [5, 5.41) is 12.7. The number of rotatable bonds is 10. The van der Waals surface area contributed by atoms with Gasteiger partial charge in [0.1, 0.15) is 6.61 Å². The fraction of sp³-hybridized carbons (Fsp3) is 0.652. The molecule has 2 rings (SSSR count). The van der Waals surface area contributed by atoms with Gasteiger partial charge in [0.15, 0.2) is 6.04 Å². The zero-order valence-electron chi connectivity index (χ0n) is 17.2. The van der Waals surface area contributed by atoms with Crippen LogP contribution in [0, 0.1) is 11.8 Å². The predicted molar refractivity (Wildman–Crippen MR) is 109 cm³/mol. The lowest BCUT2D eigenvalue weighted by Crippen LogP contribution is -2.50. The maximum absolute atomic E-state index is 12.6. The first-order valence-corrected chi connectivity index (χ1v) is 10.7. The molecule has 2 atom stereocenters. The van der Waals surface area contributed by atoms with E-state index < -0.39 is 18.1 Å². The molecule has 0 radical (unpaired) electrons. The molecule has 1 amide bonds. The molecule has 28 heavy (non-hydrogen) atoms. The van der Waals surface area contributed by atoms with Crippen LogP contribution in [0.5, 0.6) is 0 Å². The Labute approximate surface area is 168 Å². The summed E-state index contributed by atoms with van der Waals surface area (Å²) < 4.78 is 5.30. The molecule has 0 bridgehead atoms. The average molecular weight is 390 g/mol. The third kappa shape index (κ3) is 7.27. The quantitative estimate of drug-likeness (QED) is 0.469. The van der Waals surface area contributed by atoms with E-state index in [9.17, 15) is 14.7 Å². The molecular weight excluding hydrogens is 354 g/mol. The molecule has 156 valence electrons. The molecule has 0 aliphatic heterocycles. The van der Waals surface area contributed by atoms with Crippen molar-refractivity contribution in [2.75, 3.05) is 0 Å². The van der Waals surface area contributed by atoms with Gasteiger partial charge in [0.05, 0.1) is 6.10 Å². The number of benzene rings is 1. The van der Waals surface area contributed by atoms with Crippen LogP contribution in [0.4, 0.5) is 0 Å². The Morgan fingerprint density at radius 1 is 1.14 bits per heavy atom. The van der Waals surface area contributed by atoms with Crippen molar-refractivity contribution in [2.24, 2.45) is 11.8 Å². The first-order valence-electron chi connectivity index (χ1n) is 10.7. The molecule has 1 aromatic rings. The van der Waals surface area contributed by atoms with Gasteiger partial charge in [0, 0.05) is 5.92 Å². The average Bonchev–Trinajstić information content (AvgIpc) is 2.71. The predicted octanol–water partition coefficient (Wildman–Crippen LogP) is 3.98. The molecule has 1 fully saturated rings. The lowest BCUT2D eigenvalue weighted by Gasteiger charge is -2.29. The third-order valence-electron chi connectivity index (χ3n) is 5.69. The van der Waals surface area contributed by atoms with E-state index in [-0.39, 0.29) is 18.4 Å². The summed E-state index contributed by atoms with van der Waals surface area (Å²) in [7, 11) is 0. The fourth-order valence-corrected chi connectivity index (χ4v) is 3.86. The minimum Gasteiger partial charge on any atom is -0.459 e. The molecule has 5 nitrogen and oxygen atoms in total. The lowest BCUT2D eigenvalue weighted by molar-refractivity contribution is -0.152. The molecule has 5 heteroatoms. The molecule has 0 saturated heterocycles. The maximum Gasteiger partial charge on any atom is 0.331 e. The molecule has 0 heterocycles. The van der Waals surface area contributed by atoms with E-state index in [1.54, 1.807) is 0 Å². The Kier molecular flexibility index (Phi) is 9.48. The summed E-state index contributed by atoms with van der Waals surface area (Å²) in [5.41, 5.74) is 0.868. The third-order valence-corrected chi connectivity index (χ3v) is 5.69. The molecule has 0 aromatic heterocycles. The Morgan fingerprint density at radius 2 is 1.82 bits per heavy atom. The highest BCUT2D eigenvalue weighted by Crippen LogP contribution is 2.32. The standard InChI is InChI=1S/C23H35NO4/c1-3-4-6-9-18-12-14-20(15-13-18)22(26)24-21(17(2)25)23(27)28-16-19-10-7-5-8-11-19/h5,7-8,10-11,17-18,20-21,25H,3-4,6,9,12-16H2,1-2H3,(H,24,26)/t17-,18?,20?,21-/m1/s1. The summed E-state index contributed by atoms with van der Waals surface area (Å²) in [4.78, 5) is 25.0. The Bertz CT molecular complexity index is 594. The van der Waals surface area contributed by atoms with Crippen molar-refractivity contribution in [2.45, 2.75) is 84.0 Å². The maximum atomic E-state index is 12.6. The number of carbonyl (C=O) groups excluding carboxylic acids is 2. The Balaban J connectivity index is 1.79. The fourth-order valence-electron chi connectivity index (χ4n) is 3.86. The van der Waals surface area contributed by atoms with Crippen molar-refractivity contribution >= 4 is 11.9 Å². The Hall–Kier alpha value is -1.88. The van der Waals surface area contributed by atoms with Gasteiger partial charge in [-0.05, 0) is 44.1 Å². The normalized spacial score (nSPS) is 21.5. The number of unbranched alkanes of at least 4 members (excludes halogenated alkanes) is 2. The van der Waals surface area contributed by atoms with Crippen LogP contribution in [0.1, 0.15) is 70.8 Å². The van der Waals surface area contributed by atoms with Crippen LogP contribution in [-0.2, 0) is 20.9 Å². The number of nitrogens with one attached hydrogen (secondary N) is 1. The summed E-state index contributed by atoms with van der Waals surface area (Å²) in [6.45, 7) is 3.84. The minimum absolute atomic E-state index is 0.0781. The van der Waals surface area contributed by atoms with Gasteiger partial charge < -0.3 is 15.2 Å². The van der Waals surface area contributed by atoms with Gasteiger partial charge in [-0.15, -0.1) is 0 Å². The highest BCUT2D eigenvalue weighted by atomic mass is 16.5. The number of aliphatic hydroxyl groups is 1. The van der Waals surface area contributed by atoms with E-state index in [0.29, 0.717) is 0 Å². The van der Waals surface area contributed by atoms with Crippen molar-refractivity contribution in [1.29, 1.82) is 0 Å². The van der Waals surface area contributed by atoms with Gasteiger partial charge in [-0.1, -0.05) is 62.9 Å². The number of carbonyl (C=O) groups is 2. The van der Waals surface area contributed by atoms with Crippen LogP contribution in [-0.4, -0.2) is 29.1 Å². The van der Waals surface area contributed by atoms with E-state index in [1.165, 1.54) is 32.6 Å². The number of esters is 1. The van der Waals surface area contributed by atoms with Gasteiger partial charge in [-0.3, -0.25) is 4.79 Å². The summed E-state index contributed by atoms with van der Waals surface area (Å²) in [6.07, 6.45) is 7.89. The largest absolute Gasteiger partial charge is 0.459 e. The number of aliphatic hydroxyl groups excluding tert-OH is 1. The van der Waals surface area contributed by atoms with Crippen LogP contribution >= 0.6 is 0 Å². The number of hydrogen-bond acceptors (Lipinski definition) is 4. The van der Waals surface area contributed by atoms with Crippen LogP contribution in [0.25, 0.3) is 0 Å². The molecule has 1 aromatic carbocycles. The second-order valence-electron chi connectivity index (χ2n) is 8.03. The molecule has 1 aliphatic carbocycles. The highest BCUT2D eigenvalue weighted by Gasteiger charge is 2.32. The molecule has 2 N–H and O–H groups in total. The topological polar surface area (TPSA) is 75.6 Å². The van der Waals surface area contributed by atoms with Gasteiger partial charge >= 0.3 is 5.97 Å². The van der Waals surface area contributed by atoms with Crippen molar-refractivity contribution in [3.05, 3.63) is 35.9 Å². The van der Waals surface area contributed by atoms with Crippen molar-refractivity contribution in [3.63, 3.8) is 0 Å². The van der Waals surface area contributed by atoms with Gasteiger partial charge in [-0.25, -0.2) is 4.79 Å². The second kappa shape index (κ2) is 11.8. The zero-order chi connectivity index (χ0) is 20.4. The van der Waals surface area contributed by atoms with E-state index in [1.807, 2.05) is 30.3 Å². The van der Waals surface area contributed by atoms with Crippen LogP contribution in [0.3, 0.4) is 0 Å². The molecule has 1 aliphatic rings.